The number of rotatable bonds is 4. The summed E-state index contributed by atoms with van der Waals surface area (Å²) in [7, 11) is 0. The lowest BCUT2D eigenvalue weighted by atomic mass is 10.2. The molecular formula is C20H17FN2O4S. The highest BCUT2D eigenvalue weighted by Crippen LogP contribution is 2.56. The molecule has 2 aromatic rings. The number of carbonyl (C=O) groups excluding carboxylic acids is 3. The summed E-state index contributed by atoms with van der Waals surface area (Å²) in [5.74, 6) is -2.04. The third-order valence-corrected chi connectivity index (χ3v) is 6.23. The molecule has 2 aliphatic heterocycles. The van der Waals surface area contributed by atoms with Gasteiger partial charge in [0.25, 0.3) is 5.91 Å². The maximum atomic E-state index is 13.7. The van der Waals surface area contributed by atoms with Gasteiger partial charge in [-0.25, -0.2) is 9.18 Å². The molecular weight excluding hydrogens is 383 g/mol. The van der Waals surface area contributed by atoms with Crippen molar-refractivity contribution in [3.8, 4) is 0 Å². The second-order valence-electron chi connectivity index (χ2n) is 6.60. The van der Waals surface area contributed by atoms with Crippen LogP contribution in [-0.2, 0) is 19.1 Å². The van der Waals surface area contributed by atoms with Crippen LogP contribution in [0, 0.1) is 5.82 Å². The van der Waals surface area contributed by atoms with Crippen LogP contribution in [0.4, 0.5) is 15.8 Å². The number of nitrogens with one attached hydrogen (secondary N) is 1. The van der Waals surface area contributed by atoms with Gasteiger partial charge in [0.1, 0.15) is 5.82 Å². The second-order valence-corrected chi connectivity index (χ2v) is 7.92. The fraction of sp³-hybridized carbons (Fsp3) is 0.250. The molecule has 2 aliphatic rings. The molecule has 2 atom stereocenters. The summed E-state index contributed by atoms with van der Waals surface area (Å²) in [6.45, 7) is 1.42. The molecule has 0 spiro atoms. The van der Waals surface area contributed by atoms with Crippen molar-refractivity contribution in [2.45, 2.75) is 35.6 Å². The molecule has 28 heavy (non-hydrogen) atoms. The Bertz CT molecular complexity index is 982. The van der Waals surface area contributed by atoms with Crippen LogP contribution in [0.15, 0.2) is 53.4 Å². The first-order valence-corrected chi connectivity index (χ1v) is 9.61. The van der Waals surface area contributed by atoms with Crippen LogP contribution in [-0.4, -0.2) is 28.8 Å². The summed E-state index contributed by atoms with van der Waals surface area (Å²) in [4.78, 5) is 38.8. The van der Waals surface area contributed by atoms with Gasteiger partial charge in [0.05, 0.1) is 11.4 Å². The molecule has 2 amide bonds. The zero-order valence-electron chi connectivity index (χ0n) is 15.0. The zero-order chi connectivity index (χ0) is 19.9. The summed E-state index contributed by atoms with van der Waals surface area (Å²) in [6.07, 6.45) is -0.624. The topological polar surface area (TPSA) is 75.7 Å². The second kappa shape index (κ2) is 6.94. The smallest absolute Gasteiger partial charge is 0.344 e. The third kappa shape index (κ3) is 2.93. The van der Waals surface area contributed by atoms with Crippen LogP contribution in [0.5, 0.6) is 0 Å². The Balaban J connectivity index is 1.51. The number of benzene rings is 2. The van der Waals surface area contributed by atoms with E-state index in [1.165, 1.54) is 41.8 Å². The van der Waals surface area contributed by atoms with Crippen LogP contribution in [0.1, 0.15) is 19.8 Å². The molecule has 0 aliphatic carbocycles. The molecule has 2 heterocycles. The average molecular weight is 400 g/mol. The number of carbonyl (C=O) groups is 3. The Morgan fingerprint density at radius 2 is 1.93 bits per heavy atom. The van der Waals surface area contributed by atoms with Gasteiger partial charge in [-0.2, -0.15) is 0 Å². The normalized spacial score (nSPS) is 21.1. The number of anilines is 2. The molecule has 4 rings (SSSR count). The fourth-order valence-electron chi connectivity index (χ4n) is 3.38. The first kappa shape index (κ1) is 18.5. The van der Waals surface area contributed by atoms with Gasteiger partial charge < -0.3 is 10.1 Å². The molecule has 2 aromatic carbocycles. The average Bonchev–Trinajstić information content (AvgIpc) is 3.19. The highest BCUT2D eigenvalue weighted by molar-refractivity contribution is 8.02. The van der Waals surface area contributed by atoms with E-state index in [2.05, 4.69) is 5.32 Å². The first-order valence-electron chi connectivity index (χ1n) is 8.80. The van der Waals surface area contributed by atoms with E-state index < -0.39 is 28.7 Å². The molecule has 1 fully saturated rings. The van der Waals surface area contributed by atoms with Crippen LogP contribution in [0.25, 0.3) is 0 Å². The number of thioether (sulfide) groups is 1. The number of hydrogen-bond donors (Lipinski definition) is 1. The highest BCUT2D eigenvalue weighted by atomic mass is 32.2. The summed E-state index contributed by atoms with van der Waals surface area (Å²) in [5, 5.41) is 2.41. The van der Waals surface area contributed by atoms with Crippen molar-refractivity contribution >= 4 is 40.9 Å². The Morgan fingerprint density at radius 3 is 2.71 bits per heavy atom. The lowest BCUT2D eigenvalue weighted by molar-refractivity contribution is -0.155. The van der Waals surface area contributed by atoms with E-state index in [0.29, 0.717) is 12.1 Å². The maximum Gasteiger partial charge on any atom is 0.344 e. The van der Waals surface area contributed by atoms with Gasteiger partial charge in [0.2, 0.25) is 5.91 Å². The standard InChI is InChI=1S/C20H17FN2O4S/c1-12(18(25)22-14-7-3-2-6-13(14)21)27-19(26)20-11-10-17(24)23(20)15-8-4-5-9-16(15)28-20/h2-9,12H,10-11H2,1H3,(H,22,25). The van der Waals surface area contributed by atoms with E-state index in [1.807, 2.05) is 12.1 Å². The number of ether oxygens (including phenoxy) is 1. The van der Waals surface area contributed by atoms with E-state index in [4.69, 9.17) is 4.74 Å². The van der Waals surface area contributed by atoms with Crippen molar-refractivity contribution < 1.29 is 23.5 Å². The third-order valence-electron chi connectivity index (χ3n) is 4.78. The van der Waals surface area contributed by atoms with E-state index in [0.717, 1.165) is 4.90 Å². The SMILES string of the molecule is CC(OC(=O)C12CCC(=O)N1c1ccccc1S2)C(=O)Nc1ccccc1F. The van der Waals surface area contributed by atoms with Crippen LogP contribution >= 0.6 is 11.8 Å². The Hall–Kier alpha value is -2.87. The number of esters is 1. The van der Waals surface area contributed by atoms with Gasteiger partial charge in [-0.1, -0.05) is 36.0 Å². The van der Waals surface area contributed by atoms with Crippen molar-refractivity contribution in [3.63, 3.8) is 0 Å². The van der Waals surface area contributed by atoms with Gasteiger partial charge in [0.15, 0.2) is 11.0 Å². The van der Waals surface area contributed by atoms with Crippen LogP contribution in [0.3, 0.4) is 0 Å². The number of nitrogens with zero attached hydrogens (tertiary/aromatic N) is 1. The van der Waals surface area contributed by atoms with E-state index in [-0.39, 0.29) is 18.0 Å². The monoisotopic (exact) mass is 400 g/mol. The van der Waals surface area contributed by atoms with Crippen LogP contribution < -0.4 is 10.2 Å². The Labute approximate surface area is 165 Å². The van der Waals surface area contributed by atoms with Crippen molar-refractivity contribution in [1.82, 2.24) is 0 Å². The predicted molar refractivity (Wildman–Crippen MR) is 102 cm³/mol. The summed E-state index contributed by atoms with van der Waals surface area (Å²) < 4.78 is 19.1. The molecule has 0 aromatic heterocycles. The zero-order valence-corrected chi connectivity index (χ0v) is 15.8. The Morgan fingerprint density at radius 1 is 1.21 bits per heavy atom. The van der Waals surface area contributed by atoms with Gasteiger partial charge in [0, 0.05) is 17.7 Å². The molecule has 0 radical (unpaired) electrons. The van der Waals surface area contributed by atoms with Gasteiger partial charge in [-0.05, 0) is 31.2 Å². The lowest BCUT2D eigenvalue weighted by Gasteiger charge is -2.29. The summed E-state index contributed by atoms with van der Waals surface area (Å²) >= 11 is 1.27. The number of hydrogen-bond acceptors (Lipinski definition) is 5. The molecule has 6 nitrogen and oxygen atoms in total. The van der Waals surface area contributed by atoms with E-state index in [1.54, 1.807) is 18.2 Å². The number of fused-ring (bicyclic) bond motifs is 3. The molecule has 0 saturated carbocycles. The van der Waals surface area contributed by atoms with Crippen molar-refractivity contribution in [2.24, 2.45) is 0 Å². The molecule has 144 valence electrons. The first-order chi connectivity index (χ1) is 13.4. The van der Waals surface area contributed by atoms with Crippen molar-refractivity contribution in [1.29, 1.82) is 0 Å². The largest absolute Gasteiger partial charge is 0.450 e. The van der Waals surface area contributed by atoms with Gasteiger partial charge in [-0.15, -0.1) is 0 Å². The summed E-state index contributed by atoms with van der Waals surface area (Å²) in [5.41, 5.74) is 0.685. The number of para-hydroxylation sites is 2. The highest BCUT2D eigenvalue weighted by Gasteiger charge is 2.58. The Kier molecular flexibility index (Phi) is 4.58. The number of amides is 2. The summed E-state index contributed by atoms with van der Waals surface area (Å²) in [6, 6.07) is 13.0. The molecule has 1 saturated heterocycles. The maximum absolute atomic E-state index is 13.7. The molecule has 2 unspecified atom stereocenters. The quantitative estimate of drug-likeness (QED) is 0.797. The molecule has 8 heteroatoms. The van der Waals surface area contributed by atoms with Crippen molar-refractivity contribution in [3.05, 3.63) is 54.3 Å². The van der Waals surface area contributed by atoms with Crippen LogP contribution in [0.2, 0.25) is 0 Å². The minimum absolute atomic E-state index is 0.00822. The lowest BCUT2D eigenvalue weighted by Crippen LogP contribution is -2.49. The van der Waals surface area contributed by atoms with Crippen molar-refractivity contribution in [2.75, 3.05) is 10.2 Å². The molecule has 0 bridgehead atoms. The van der Waals surface area contributed by atoms with Gasteiger partial charge >= 0.3 is 5.97 Å². The molecule has 1 N–H and O–H groups in total. The minimum atomic E-state index is -1.20. The number of halogens is 1. The fourth-order valence-corrected chi connectivity index (χ4v) is 4.78. The van der Waals surface area contributed by atoms with E-state index >= 15 is 0 Å². The minimum Gasteiger partial charge on any atom is -0.450 e. The van der Waals surface area contributed by atoms with E-state index in [9.17, 15) is 18.8 Å². The van der Waals surface area contributed by atoms with Gasteiger partial charge in [-0.3, -0.25) is 14.5 Å². The predicted octanol–water partition coefficient (Wildman–Crippen LogP) is 3.32.